The summed E-state index contributed by atoms with van der Waals surface area (Å²) < 4.78 is 0. The second kappa shape index (κ2) is 11.2. The molecular formula is C52H39N. The Balaban J connectivity index is 1.15. The molecule has 4 aliphatic rings. The van der Waals surface area contributed by atoms with E-state index in [9.17, 15) is 0 Å². The molecule has 11 rings (SSSR count). The summed E-state index contributed by atoms with van der Waals surface area (Å²) in [6.45, 7) is 4.74. The average Bonchev–Trinajstić information content (AvgIpc) is 3.77. The lowest BCUT2D eigenvalue weighted by Gasteiger charge is -2.33. The lowest BCUT2D eigenvalue weighted by Crippen LogP contribution is -2.27. The molecule has 0 saturated carbocycles. The Bertz CT molecular complexity index is 2690. The summed E-state index contributed by atoms with van der Waals surface area (Å²) in [5, 5.41) is 0. The van der Waals surface area contributed by atoms with Gasteiger partial charge in [0.25, 0.3) is 0 Å². The lowest BCUT2D eigenvalue weighted by molar-refractivity contribution is 0.660. The summed E-state index contributed by atoms with van der Waals surface area (Å²) in [6, 6.07) is 61.5. The number of allylic oxidation sites excluding steroid dienone is 4. The first kappa shape index (κ1) is 30.4. The first-order valence-corrected chi connectivity index (χ1v) is 19.0. The van der Waals surface area contributed by atoms with Gasteiger partial charge in [0.15, 0.2) is 0 Å². The van der Waals surface area contributed by atoms with Crippen LogP contribution >= 0.6 is 0 Å². The van der Waals surface area contributed by atoms with Crippen molar-refractivity contribution in [1.29, 1.82) is 0 Å². The number of fused-ring (bicyclic) bond motifs is 12. The Labute approximate surface area is 312 Å². The molecule has 1 spiro atoms. The van der Waals surface area contributed by atoms with Crippen molar-refractivity contribution in [3.8, 4) is 33.4 Å². The van der Waals surface area contributed by atoms with Gasteiger partial charge in [-0.1, -0.05) is 153 Å². The maximum atomic E-state index is 2.52. The molecule has 0 aromatic heterocycles. The van der Waals surface area contributed by atoms with Crippen molar-refractivity contribution in [2.45, 2.75) is 37.5 Å². The molecule has 0 radical (unpaired) electrons. The van der Waals surface area contributed by atoms with E-state index in [1.165, 1.54) is 89.3 Å². The number of rotatable bonds is 4. The average molecular weight is 678 g/mol. The van der Waals surface area contributed by atoms with Crippen LogP contribution in [0.5, 0.6) is 0 Å². The molecule has 1 nitrogen and oxygen atoms in total. The molecular weight excluding hydrogens is 639 g/mol. The van der Waals surface area contributed by atoms with Gasteiger partial charge in [0.2, 0.25) is 0 Å². The maximum absolute atomic E-state index is 2.52. The van der Waals surface area contributed by atoms with Crippen molar-refractivity contribution < 1.29 is 0 Å². The minimum absolute atomic E-state index is 0.0990. The predicted octanol–water partition coefficient (Wildman–Crippen LogP) is 13.6. The van der Waals surface area contributed by atoms with Gasteiger partial charge in [0.1, 0.15) is 0 Å². The Kier molecular flexibility index (Phi) is 6.41. The van der Waals surface area contributed by atoms with E-state index in [0.717, 1.165) is 18.5 Å². The summed E-state index contributed by atoms with van der Waals surface area (Å²) in [7, 11) is 0. The van der Waals surface area contributed by atoms with E-state index in [-0.39, 0.29) is 10.8 Å². The van der Waals surface area contributed by atoms with Crippen molar-refractivity contribution in [3.05, 3.63) is 215 Å². The number of anilines is 3. The monoisotopic (exact) mass is 677 g/mol. The summed E-state index contributed by atoms with van der Waals surface area (Å²) >= 11 is 0. The van der Waals surface area contributed by atoms with Crippen LogP contribution in [-0.4, -0.2) is 0 Å². The van der Waals surface area contributed by atoms with Crippen LogP contribution in [0, 0.1) is 0 Å². The molecule has 252 valence electrons. The molecule has 0 aliphatic heterocycles. The highest BCUT2D eigenvalue weighted by molar-refractivity contribution is 5.97. The van der Waals surface area contributed by atoms with Gasteiger partial charge < -0.3 is 4.90 Å². The number of hydrogen-bond acceptors (Lipinski definition) is 1. The molecule has 1 atom stereocenters. The third kappa shape index (κ3) is 4.14. The second-order valence-electron chi connectivity index (χ2n) is 15.6. The lowest BCUT2D eigenvalue weighted by atomic mass is 9.69. The maximum Gasteiger partial charge on any atom is 0.0722 e. The highest BCUT2D eigenvalue weighted by atomic mass is 15.1. The van der Waals surface area contributed by atoms with Crippen LogP contribution in [0.15, 0.2) is 182 Å². The van der Waals surface area contributed by atoms with Crippen molar-refractivity contribution >= 4 is 22.6 Å². The molecule has 7 aromatic rings. The molecule has 0 heterocycles. The zero-order valence-electron chi connectivity index (χ0n) is 30.1. The first-order valence-electron chi connectivity index (χ1n) is 19.0. The Hall–Kier alpha value is -6.18. The van der Waals surface area contributed by atoms with Crippen LogP contribution in [0.25, 0.3) is 39.0 Å². The third-order valence-electron chi connectivity index (χ3n) is 12.6. The standard InChI is InChI=1S/C52H39N/c1-51(2)45-20-10-6-16-39(45)43-30-28-37(32-49(43)51)53(36-26-24-35(25-27-36)34-14-4-3-5-15-34)38-29-31-44-42-19-9-13-23-48(42)52(50(44)33-38)46-21-11-7-17-40(46)41-18-8-12-22-47(41)52/h3-7,9-17,19-33H,8,18H2,1-2H3. The minimum atomic E-state index is -0.352. The fourth-order valence-corrected chi connectivity index (χ4v) is 10.2. The zero-order chi connectivity index (χ0) is 35.3. The normalized spacial score (nSPS) is 17.9. The highest BCUT2D eigenvalue weighted by Gasteiger charge is 2.52. The fourth-order valence-electron chi connectivity index (χ4n) is 10.2. The Morgan fingerprint density at radius 2 is 0.943 bits per heavy atom. The summed E-state index contributed by atoms with van der Waals surface area (Å²) in [6.07, 6.45) is 7.00. The molecule has 7 aromatic carbocycles. The second-order valence-corrected chi connectivity index (χ2v) is 15.6. The minimum Gasteiger partial charge on any atom is -0.310 e. The van der Waals surface area contributed by atoms with Gasteiger partial charge in [-0.15, -0.1) is 0 Å². The molecule has 0 saturated heterocycles. The molecule has 1 heteroatoms. The summed E-state index contributed by atoms with van der Waals surface area (Å²) in [5.74, 6) is 0. The van der Waals surface area contributed by atoms with E-state index >= 15 is 0 Å². The van der Waals surface area contributed by atoms with Gasteiger partial charge in [-0.2, -0.15) is 0 Å². The number of nitrogens with zero attached hydrogens (tertiary/aromatic N) is 1. The fraction of sp³-hybridized carbons (Fsp3) is 0.115. The summed E-state index contributed by atoms with van der Waals surface area (Å²) in [5.41, 5.74) is 22.1. The predicted molar refractivity (Wildman–Crippen MR) is 221 cm³/mol. The van der Waals surface area contributed by atoms with E-state index < -0.39 is 0 Å². The smallest absolute Gasteiger partial charge is 0.0722 e. The molecule has 0 bridgehead atoms. The quantitative estimate of drug-likeness (QED) is 0.179. The van der Waals surface area contributed by atoms with Crippen LogP contribution in [0.1, 0.15) is 60.1 Å². The molecule has 4 aliphatic carbocycles. The Morgan fingerprint density at radius 3 is 1.66 bits per heavy atom. The van der Waals surface area contributed by atoms with E-state index in [4.69, 9.17) is 0 Å². The van der Waals surface area contributed by atoms with E-state index in [1.54, 1.807) is 0 Å². The molecule has 53 heavy (non-hydrogen) atoms. The van der Waals surface area contributed by atoms with E-state index in [0.29, 0.717) is 0 Å². The first-order chi connectivity index (χ1) is 26.0. The van der Waals surface area contributed by atoms with Crippen molar-refractivity contribution in [2.24, 2.45) is 0 Å². The van der Waals surface area contributed by atoms with Crippen LogP contribution in [0.4, 0.5) is 17.1 Å². The van der Waals surface area contributed by atoms with Crippen molar-refractivity contribution in [1.82, 2.24) is 0 Å². The molecule has 0 amide bonds. The van der Waals surface area contributed by atoms with Crippen LogP contribution in [0.3, 0.4) is 0 Å². The van der Waals surface area contributed by atoms with Crippen molar-refractivity contribution in [2.75, 3.05) is 4.90 Å². The highest BCUT2D eigenvalue weighted by Crippen LogP contribution is 2.64. The van der Waals surface area contributed by atoms with Gasteiger partial charge in [-0.3, -0.25) is 0 Å². The summed E-state index contributed by atoms with van der Waals surface area (Å²) in [4.78, 5) is 2.48. The molecule has 0 N–H and O–H groups in total. The zero-order valence-corrected chi connectivity index (χ0v) is 30.1. The number of hydrogen-bond donors (Lipinski definition) is 0. The Morgan fingerprint density at radius 1 is 0.434 bits per heavy atom. The van der Waals surface area contributed by atoms with E-state index in [2.05, 4.69) is 195 Å². The van der Waals surface area contributed by atoms with Crippen LogP contribution < -0.4 is 4.90 Å². The topological polar surface area (TPSA) is 3.24 Å². The molecule has 1 unspecified atom stereocenters. The van der Waals surface area contributed by atoms with Crippen molar-refractivity contribution in [3.63, 3.8) is 0 Å². The van der Waals surface area contributed by atoms with Crippen LogP contribution in [0.2, 0.25) is 0 Å². The van der Waals surface area contributed by atoms with Crippen LogP contribution in [-0.2, 0) is 10.8 Å². The van der Waals surface area contributed by atoms with Gasteiger partial charge in [0.05, 0.1) is 5.41 Å². The van der Waals surface area contributed by atoms with Gasteiger partial charge in [0, 0.05) is 22.5 Å². The SMILES string of the molecule is CC1(C)c2ccccc2-c2ccc(N(c3ccc(-c4ccccc4)cc3)c3ccc4c(c3)C3(C5=C(CCC=C5)c5ccccc53)c3ccccc3-4)cc21. The molecule has 0 fully saturated rings. The van der Waals surface area contributed by atoms with E-state index in [1.807, 2.05) is 0 Å². The third-order valence-corrected chi connectivity index (χ3v) is 12.6. The number of benzene rings is 7. The van der Waals surface area contributed by atoms with Gasteiger partial charge in [-0.05, 0) is 127 Å². The largest absolute Gasteiger partial charge is 0.310 e. The van der Waals surface area contributed by atoms with Gasteiger partial charge in [-0.25, -0.2) is 0 Å². The van der Waals surface area contributed by atoms with Gasteiger partial charge >= 0.3 is 0 Å².